The van der Waals surface area contributed by atoms with Crippen molar-refractivity contribution in [2.45, 2.75) is 44.6 Å². The lowest BCUT2D eigenvalue weighted by atomic mass is 9.81. The second-order valence-corrected chi connectivity index (χ2v) is 8.02. The van der Waals surface area contributed by atoms with Crippen molar-refractivity contribution in [3.63, 3.8) is 0 Å². The summed E-state index contributed by atoms with van der Waals surface area (Å²) in [5.74, 6) is 2.21. The van der Waals surface area contributed by atoms with Crippen LogP contribution < -0.4 is 14.2 Å². The minimum Gasteiger partial charge on any atom is -0.497 e. The SMILES string of the molecule is CCOCCCN1C(=O)C(c2ccc3c(c2)OCO3)CC1(CC)c1ccc(OC)cc1. The average molecular weight is 426 g/mol. The van der Waals surface area contributed by atoms with Crippen LogP contribution in [0.5, 0.6) is 17.2 Å². The quantitative estimate of drug-likeness (QED) is 0.555. The van der Waals surface area contributed by atoms with Crippen molar-refractivity contribution in [1.82, 2.24) is 4.90 Å². The zero-order valence-corrected chi connectivity index (χ0v) is 18.6. The fourth-order valence-corrected chi connectivity index (χ4v) is 4.83. The molecule has 4 rings (SSSR count). The predicted molar refractivity (Wildman–Crippen MR) is 118 cm³/mol. The third-order valence-corrected chi connectivity index (χ3v) is 6.51. The number of benzene rings is 2. The van der Waals surface area contributed by atoms with Crippen LogP contribution in [0, 0.1) is 0 Å². The maximum atomic E-state index is 13.7. The van der Waals surface area contributed by atoms with E-state index in [1.807, 2.05) is 37.3 Å². The summed E-state index contributed by atoms with van der Waals surface area (Å²) in [6.07, 6.45) is 2.37. The van der Waals surface area contributed by atoms with Crippen molar-refractivity contribution >= 4 is 5.91 Å². The average Bonchev–Trinajstić information content (AvgIpc) is 3.39. The van der Waals surface area contributed by atoms with Gasteiger partial charge < -0.3 is 23.8 Å². The predicted octanol–water partition coefficient (Wildman–Crippen LogP) is 4.47. The Bertz CT molecular complexity index is 913. The molecule has 0 spiro atoms. The Morgan fingerprint density at radius 1 is 1.10 bits per heavy atom. The van der Waals surface area contributed by atoms with Crippen LogP contribution in [0.2, 0.25) is 0 Å². The Morgan fingerprint density at radius 2 is 1.87 bits per heavy atom. The van der Waals surface area contributed by atoms with Crippen LogP contribution >= 0.6 is 0 Å². The van der Waals surface area contributed by atoms with E-state index in [4.69, 9.17) is 18.9 Å². The van der Waals surface area contributed by atoms with Gasteiger partial charge in [-0.1, -0.05) is 25.1 Å². The van der Waals surface area contributed by atoms with E-state index in [1.54, 1.807) is 7.11 Å². The first kappa shape index (κ1) is 21.5. The molecule has 2 aromatic carbocycles. The summed E-state index contributed by atoms with van der Waals surface area (Å²) in [4.78, 5) is 15.8. The zero-order valence-electron chi connectivity index (χ0n) is 18.6. The number of methoxy groups -OCH3 is 1. The van der Waals surface area contributed by atoms with Crippen molar-refractivity contribution in [2.75, 3.05) is 33.7 Å². The number of likely N-dealkylation sites (tertiary alicyclic amines) is 1. The van der Waals surface area contributed by atoms with Crippen LogP contribution in [0.25, 0.3) is 0 Å². The topological polar surface area (TPSA) is 57.2 Å². The summed E-state index contributed by atoms with van der Waals surface area (Å²) in [5, 5.41) is 0. The van der Waals surface area contributed by atoms with Gasteiger partial charge in [-0.2, -0.15) is 0 Å². The van der Waals surface area contributed by atoms with Gasteiger partial charge in [0.15, 0.2) is 11.5 Å². The first-order valence-corrected chi connectivity index (χ1v) is 11.1. The van der Waals surface area contributed by atoms with E-state index in [-0.39, 0.29) is 24.2 Å². The largest absolute Gasteiger partial charge is 0.497 e. The molecule has 1 fully saturated rings. The molecular weight excluding hydrogens is 394 g/mol. The molecule has 0 bridgehead atoms. The molecule has 0 N–H and O–H groups in total. The van der Waals surface area contributed by atoms with Crippen molar-refractivity contribution in [3.05, 3.63) is 53.6 Å². The van der Waals surface area contributed by atoms with Crippen LogP contribution in [-0.2, 0) is 15.1 Å². The highest BCUT2D eigenvalue weighted by Gasteiger charge is 2.51. The van der Waals surface area contributed by atoms with Crippen molar-refractivity contribution < 1.29 is 23.7 Å². The molecule has 0 saturated carbocycles. The van der Waals surface area contributed by atoms with Crippen LogP contribution in [0.4, 0.5) is 0 Å². The summed E-state index contributed by atoms with van der Waals surface area (Å²) in [6, 6.07) is 14.0. The second-order valence-electron chi connectivity index (χ2n) is 8.02. The second kappa shape index (κ2) is 9.18. The molecule has 2 aromatic rings. The van der Waals surface area contributed by atoms with E-state index in [2.05, 4.69) is 24.0 Å². The minimum atomic E-state index is -0.364. The molecule has 31 heavy (non-hydrogen) atoms. The number of amides is 1. The first-order valence-electron chi connectivity index (χ1n) is 11.1. The summed E-state index contributed by atoms with van der Waals surface area (Å²) >= 11 is 0. The third kappa shape index (κ3) is 3.97. The molecule has 166 valence electrons. The number of hydrogen-bond acceptors (Lipinski definition) is 5. The van der Waals surface area contributed by atoms with Crippen molar-refractivity contribution in [1.29, 1.82) is 0 Å². The minimum absolute atomic E-state index is 0.160. The number of fused-ring (bicyclic) bond motifs is 1. The monoisotopic (exact) mass is 425 g/mol. The summed E-state index contributed by atoms with van der Waals surface area (Å²) in [6.45, 7) is 6.38. The fourth-order valence-electron chi connectivity index (χ4n) is 4.83. The summed E-state index contributed by atoms with van der Waals surface area (Å²) < 4.78 is 21.9. The number of nitrogens with zero attached hydrogens (tertiary/aromatic N) is 1. The molecule has 0 aliphatic carbocycles. The lowest BCUT2D eigenvalue weighted by Crippen LogP contribution is -2.43. The maximum Gasteiger partial charge on any atom is 0.231 e. The molecule has 2 aliphatic rings. The molecule has 6 heteroatoms. The zero-order chi connectivity index (χ0) is 21.8. The van der Waals surface area contributed by atoms with Gasteiger partial charge in [-0.25, -0.2) is 0 Å². The number of ether oxygens (including phenoxy) is 4. The van der Waals surface area contributed by atoms with Gasteiger partial charge in [-0.15, -0.1) is 0 Å². The van der Waals surface area contributed by atoms with Crippen LogP contribution in [0.3, 0.4) is 0 Å². The van der Waals surface area contributed by atoms with E-state index in [0.717, 1.165) is 41.9 Å². The number of carbonyl (C=O) groups excluding carboxylic acids is 1. The van der Waals surface area contributed by atoms with Gasteiger partial charge in [0.1, 0.15) is 5.75 Å². The van der Waals surface area contributed by atoms with Gasteiger partial charge in [0.05, 0.1) is 18.6 Å². The number of carbonyl (C=O) groups is 1. The van der Waals surface area contributed by atoms with Gasteiger partial charge in [0.2, 0.25) is 12.7 Å². The molecule has 2 unspecified atom stereocenters. The smallest absolute Gasteiger partial charge is 0.231 e. The Kier molecular flexibility index (Phi) is 6.37. The molecule has 2 atom stereocenters. The number of hydrogen-bond donors (Lipinski definition) is 0. The van der Waals surface area contributed by atoms with Gasteiger partial charge >= 0.3 is 0 Å². The van der Waals surface area contributed by atoms with Gasteiger partial charge in [-0.3, -0.25) is 4.79 Å². The summed E-state index contributed by atoms with van der Waals surface area (Å²) in [5.41, 5.74) is 1.76. The first-order chi connectivity index (χ1) is 15.1. The van der Waals surface area contributed by atoms with Crippen LogP contribution in [0.15, 0.2) is 42.5 Å². The van der Waals surface area contributed by atoms with Gasteiger partial charge in [0.25, 0.3) is 0 Å². The normalized spacial score (nSPS) is 22.2. The van der Waals surface area contributed by atoms with E-state index in [1.165, 1.54) is 0 Å². The van der Waals surface area contributed by atoms with Crippen LogP contribution in [-0.4, -0.2) is 44.5 Å². The van der Waals surface area contributed by atoms with E-state index in [9.17, 15) is 4.79 Å². The Labute approximate surface area is 184 Å². The molecule has 1 amide bonds. The lowest BCUT2D eigenvalue weighted by molar-refractivity contribution is -0.133. The van der Waals surface area contributed by atoms with E-state index >= 15 is 0 Å². The maximum absolute atomic E-state index is 13.7. The highest BCUT2D eigenvalue weighted by Crippen LogP contribution is 2.49. The van der Waals surface area contributed by atoms with Crippen molar-refractivity contribution in [2.24, 2.45) is 0 Å². The Morgan fingerprint density at radius 3 is 2.58 bits per heavy atom. The molecule has 0 radical (unpaired) electrons. The lowest BCUT2D eigenvalue weighted by Gasteiger charge is -2.38. The third-order valence-electron chi connectivity index (χ3n) is 6.51. The molecule has 2 aliphatic heterocycles. The Hall–Kier alpha value is -2.73. The molecule has 6 nitrogen and oxygen atoms in total. The standard InChI is InChI=1S/C25H31NO5/c1-4-25(19-8-10-20(28-3)11-9-19)16-21(24(27)26(25)13-6-14-29-5-2)18-7-12-22-23(15-18)31-17-30-22/h7-12,15,21H,4-6,13-14,16-17H2,1-3H3. The highest BCUT2D eigenvalue weighted by atomic mass is 16.7. The molecular formula is C25H31NO5. The van der Waals surface area contributed by atoms with E-state index in [0.29, 0.717) is 25.5 Å². The molecule has 0 aromatic heterocycles. The van der Waals surface area contributed by atoms with Gasteiger partial charge in [0, 0.05) is 19.8 Å². The molecule has 1 saturated heterocycles. The Balaban J connectivity index is 1.68. The van der Waals surface area contributed by atoms with E-state index < -0.39 is 0 Å². The van der Waals surface area contributed by atoms with Gasteiger partial charge in [-0.05, 0) is 61.6 Å². The van der Waals surface area contributed by atoms with Crippen molar-refractivity contribution in [3.8, 4) is 17.2 Å². The number of rotatable bonds is 9. The molecule has 2 heterocycles. The fraction of sp³-hybridized carbons (Fsp3) is 0.480. The van der Waals surface area contributed by atoms with Crippen LogP contribution in [0.1, 0.15) is 50.2 Å². The summed E-state index contributed by atoms with van der Waals surface area (Å²) in [7, 11) is 1.67. The highest BCUT2D eigenvalue weighted by molar-refractivity contribution is 5.87.